The molecule has 0 amide bonds. The number of hydrogen-bond acceptors (Lipinski definition) is 5. The summed E-state index contributed by atoms with van der Waals surface area (Å²) in [4.78, 5) is 11.1. The van der Waals surface area contributed by atoms with Crippen LogP contribution < -0.4 is 4.72 Å². The summed E-state index contributed by atoms with van der Waals surface area (Å²) in [5.41, 5.74) is 0.663. The lowest BCUT2D eigenvalue weighted by Gasteiger charge is -2.14. The van der Waals surface area contributed by atoms with Crippen LogP contribution in [0.4, 0.5) is 0 Å². The normalized spacial score (nSPS) is 13.8. The number of nitrogens with one attached hydrogen (secondary N) is 1. The molecule has 0 saturated heterocycles. The summed E-state index contributed by atoms with van der Waals surface area (Å²) in [5, 5.41) is 9.08. The van der Waals surface area contributed by atoms with Crippen LogP contribution in [0.1, 0.15) is 5.56 Å². The Morgan fingerprint density at radius 1 is 1.14 bits per heavy atom. The fourth-order valence-electron chi connectivity index (χ4n) is 1.57. The monoisotopic (exact) mass is 335 g/mol. The molecule has 0 aliphatic rings. The summed E-state index contributed by atoms with van der Waals surface area (Å²) in [6.45, 7) is 0. The number of carboxylic acid groups (broad SMARTS) is 1. The highest BCUT2D eigenvalue weighted by molar-refractivity contribution is 7.93. The lowest BCUT2D eigenvalue weighted by molar-refractivity contribution is -0.138. The Balaban J connectivity index is 2.76. The van der Waals surface area contributed by atoms with Gasteiger partial charge < -0.3 is 5.11 Å². The number of carboxylic acids is 1. The van der Waals surface area contributed by atoms with Gasteiger partial charge in [0.1, 0.15) is 15.9 Å². The van der Waals surface area contributed by atoms with Gasteiger partial charge in [0.25, 0.3) is 0 Å². The van der Waals surface area contributed by atoms with Crippen molar-refractivity contribution in [3.8, 4) is 0 Å². The van der Waals surface area contributed by atoms with Crippen LogP contribution in [0.2, 0.25) is 0 Å². The molecule has 0 aromatic heterocycles. The van der Waals surface area contributed by atoms with Gasteiger partial charge in [-0.2, -0.15) is 0 Å². The third kappa shape index (κ3) is 7.21. The van der Waals surface area contributed by atoms with Gasteiger partial charge in [-0.3, -0.25) is 4.79 Å². The van der Waals surface area contributed by atoms with Crippen molar-refractivity contribution < 1.29 is 26.7 Å². The Morgan fingerprint density at radius 2 is 1.71 bits per heavy atom. The number of sulfonamides is 1. The zero-order chi connectivity index (χ0) is 16.1. The van der Waals surface area contributed by atoms with Crippen molar-refractivity contribution in [2.45, 2.75) is 12.5 Å². The van der Waals surface area contributed by atoms with E-state index in [1.165, 1.54) is 0 Å². The van der Waals surface area contributed by atoms with Crippen LogP contribution in [0.5, 0.6) is 0 Å². The quantitative estimate of drug-likeness (QED) is 0.670. The smallest absolute Gasteiger partial charge is 0.322 e. The highest BCUT2D eigenvalue weighted by Crippen LogP contribution is 2.05. The van der Waals surface area contributed by atoms with E-state index in [-0.39, 0.29) is 6.42 Å². The average Bonchev–Trinajstić information content (AvgIpc) is 2.36. The van der Waals surface area contributed by atoms with Crippen LogP contribution >= 0.6 is 0 Å². The van der Waals surface area contributed by atoms with Crippen molar-refractivity contribution in [2.75, 3.05) is 17.8 Å². The zero-order valence-electron chi connectivity index (χ0n) is 11.4. The first-order valence-corrected chi connectivity index (χ1v) is 9.75. The van der Waals surface area contributed by atoms with Gasteiger partial charge in [-0.05, 0) is 12.0 Å². The SMILES string of the molecule is CS(=O)(=O)CCS(=O)(=O)N[C@@H](Cc1ccccc1)C(=O)O. The molecule has 0 aliphatic heterocycles. The predicted octanol–water partition coefficient (Wildman–Crippen LogP) is -0.354. The van der Waals surface area contributed by atoms with E-state index in [4.69, 9.17) is 5.11 Å². The Hall–Kier alpha value is -1.45. The fourth-order valence-corrected chi connectivity index (χ4v) is 4.39. The minimum absolute atomic E-state index is 0.0196. The molecule has 1 atom stereocenters. The standard InChI is InChI=1S/C12H17NO6S2/c1-20(16,17)7-8-21(18,19)13-11(12(14)15)9-10-5-3-2-4-6-10/h2-6,11,13H,7-9H2,1H3,(H,14,15)/t11-/m0/s1. The first kappa shape index (κ1) is 17.6. The van der Waals surface area contributed by atoms with E-state index in [0.717, 1.165) is 6.26 Å². The fraction of sp³-hybridized carbons (Fsp3) is 0.417. The first-order chi connectivity index (χ1) is 9.59. The minimum atomic E-state index is -3.99. The third-order valence-electron chi connectivity index (χ3n) is 2.63. The number of sulfone groups is 1. The second-order valence-electron chi connectivity index (χ2n) is 4.65. The number of carbonyl (C=O) groups is 1. The van der Waals surface area contributed by atoms with Crippen LogP contribution in [0.3, 0.4) is 0 Å². The Bertz CT molecular complexity index is 682. The van der Waals surface area contributed by atoms with Crippen LogP contribution in [0, 0.1) is 0 Å². The van der Waals surface area contributed by atoms with E-state index < -0.39 is 43.4 Å². The van der Waals surface area contributed by atoms with Crippen molar-refractivity contribution in [1.82, 2.24) is 4.72 Å². The van der Waals surface area contributed by atoms with Gasteiger partial charge in [-0.1, -0.05) is 30.3 Å². The third-order valence-corrected chi connectivity index (χ3v) is 5.21. The molecule has 1 rings (SSSR count). The lowest BCUT2D eigenvalue weighted by atomic mass is 10.1. The van der Waals surface area contributed by atoms with Crippen molar-refractivity contribution in [3.63, 3.8) is 0 Å². The molecule has 0 fully saturated rings. The number of hydrogen-bond donors (Lipinski definition) is 2. The molecule has 0 radical (unpaired) electrons. The molecule has 2 N–H and O–H groups in total. The summed E-state index contributed by atoms with van der Waals surface area (Å²) < 4.78 is 47.5. The summed E-state index contributed by atoms with van der Waals surface area (Å²) in [7, 11) is -7.43. The second kappa shape index (κ2) is 7.01. The topological polar surface area (TPSA) is 118 Å². The molecular formula is C12H17NO6S2. The highest BCUT2D eigenvalue weighted by Gasteiger charge is 2.25. The van der Waals surface area contributed by atoms with Gasteiger partial charge in [0.15, 0.2) is 0 Å². The molecule has 0 saturated carbocycles. The lowest BCUT2D eigenvalue weighted by Crippen LogP contribution is -2.44. The molecule has 118 valence electrons. The average molecular weight is 335 g/mol. The van der Waals surface area contributed by atoms with E-state index in [1.54, 1.807) is 30.3 Å². The summed E-state index contributed by atoms with van der Waals surface area (Å²) in [6, 6.07) is 7.22. The van der Waals surface area contributed by atoms with Gasteiger partial charge in [-0.25, -0.2) is 21.6 Å². The van der Waals surface area contributed by atoms with Gasteiger partial charge in [0.05, 0.1) is 11.5 Å². The Labute approximate surface area is 124 Å². The highest BCUT2D eigenvalue weighted by atomic mass is 32.2. The molecule has 0 spiro atoms. The summed E-state index contributed by atoms with van der Waals surface area (Å²) >= 11 is 0. The molecule has 0 heterocycles. The Kier molecular flexibility index (Phi) is 5.87. The maximum absolute atomic E-state index is 11.7. The first-order valence-electron chi connectivity index (χ1n) is 6.03. The molecule has 1 aromatic rings. The molecular weight excluding hydrogens is 318 g/mol. The number of rotatable bonds is 8. The van der Waals surface area contributed by atoms with Gasteiger partial charge in [-0.15, -0.1) is 0 Å². The van der Waals surface area contributed by atoms with Crippen molar-refractivity contribution in [2.24, 2.45) is 0 Å². The van der Waals surface area contributed by atoms with Gasteiger partial charge in [0, 0.05) is 6.26 Å². The number of aliphatic carboxylic acids is 1. The summed E-state index contributed by atoms with van der Waals surface area (Å²) in [5.74, 6) is -2.54. The van der Waals surface area contributed by atoms with Crippen molar-refractivity contribution in [3.05, 3.63) is 35.9 Å². The minimum Gasteiger partial charge on any atom is -0.480 e. The predicted molar refractivity (Wildman–Crippen MR) is 78.2 cm³/mol. The van der Waals surface area contributed by atoms with Crippen LogP contribution in [0.25, 0.3) is 0 Å². The molecule has 1 aromatic carbocycles. The molecule has 0 bridgehead atoms. The second-order valence-corrected chi connectivity index (χ2v) is 8.78. The zero-order valence-corrected chi connectivity index (χ0v) is 13.0. The van der Waals surface area contributed by atoms with Crippen LogP contribution in [-0.4, -0.2) is 51.7 Å². The molecule has 0 unspecified atom stereocenters. The van der Waals surface area contributed by atoms with Crippen molar-refractivity contribution in [1.29, 1.82) is 0 Å². The maximum atomic E-state index is 11.7. The molecule has 0 aliphatic carbocycles. The largest absolute Gasteiger partial charge is 0.480 e. The molecule has 7 nitrogen and oxygen atoms in total. The van der Waals surface area contributed by atoms with E-state index >= 15 is 0 Å². The van der Waals surface area contributed by atoms with Gasteiger partial charge >= 0.3 is 5.97 Å². The number of benzene rings is 1. The van der Waals surface area contributed by atoms with Crippen molar-refractivity contribution >= 4 is 25.8 Å². The van der Waals surface area contributed by atoms with Gasteiger partial charge in [0.2, 0.25) is 10.0 Å². The Morgan fingerprint density at radius 3 is 2.19 bits per heavy atom. The van der Waals surface area contributed by atoms with Crippen LogP contribution in [-0.2, 0) is 31.1 Å². The van der Waals surface area contributed by atoms with E-state index in [2.05, 4.69) is 0 Å². The van der Waals surface area contributed by atoms with Crippen LogP contribution in [0.15, 0.2) is 30.3 Å². The summed E-state index contributed by atoms with van der Waals surface area (Å²) in [6.07, 6.45) is 0.898. The van der Waals surface area contributed by atoms with E-state index in [1.807, 2.05) is 4.72 Å². The van der Waals surface area contributed by atoms with E-state index in [0.29, 0.717) is 5.56 Å². The molecule has 21 heavy (non-hydrogen) atoms. The maximum Gasteiger partial charge on any atom is 0.322 e. The molecule has 9 heteroatoms. The van der Waals surface area contributed by atoms with E-state index in [9.17, 15) is 21.6 Å².